The van der Waals surface area contributed by atoms with Crippen LogP contribution >= 0.6 is 7.60 Å². The Hall–Kier alpha value is -0.710. The molecule has 1 aliphatic carbocycles. The fourth-order valence-corrected chi connectivity index (χ4v) is 6.54. The molecule has 1 aliphatic heterocycles. The molecule has 3 rings (SSSR count). The first kappa shape index (κ1) is 19.1. The molecule has 1 saturated heterocycles. The average molecular weight is 367 g/mol. The summed E-state index contributed by atoms with van der Waals surface area (Å²) in [5.74, 6) is -0.755. The van der Waals surface area contributed by atoms with Crippen LogP contribution in [0.25, 0.3) is 0 Å². The molecule has 0 amide bonds. The van der Waals surface area contributed by atoms with Crippen molar-refractivity contribution in [2.75, 3.05) is 13.2 Å². The highest BCUT2D eigenvalue weighted by Crippen LogP contribution is 2.59. The Morgan fingerprint density at radius 3 is 2.44 bits per heavy atom. The Morgan fingerprint density at radius 1 is 1.20 bits per heavy atom. The summed E-state index contributed by atoms with van der Waals surface area (Å²) in [6.07, 6.45) is 3.26. The zero-order valence-electron chi connectivity index (χ0n) is 15.4. The number of hydrogen-bond donors (Lipinski definition) is 1. The standard InChI is InChI=1S/C19H30NO4P/c1-4-23-25(22,24-5-2)19(21)18-16-11-12-17(13-16)20(18)14(3)15-9-7-6-8-10-15/h6-10,14,16-19,21H,4-5,11-13H2,1-3H3/t14-,16+,17+,18?,19?/m0/s1. The predicted molar refractivity (Wildman–Crippen MR) is 98.5 cm³/mol. The number of aliphatic hydroxyl groups is 1. The molecule has 2 fully saturated rings. The van der Waals surface area contributed by atoms with Gasteiger partial charge in [-0.25, -0.2) is 0 Å². The summed E-state index contributed by atoms with van der Waals surface area (Å²) in [6, 6.07) is 10.7. The lowest BCUT2D eigenvalue weighted by Crippen LogP contribution is -2.49. The maximum absolute atomic E-state index is 13.2. The van der Waals surface area contributed by atoms with Crippen LogP contribution in [0, 0.1) is 5.92 Å². The van der Waals surface area contributed by atoms with E-state index in [1.807, 2.05) is 18.2 Å². The first-order valence-electron chi connectivity index (χ1n) is 9.41. The number of benzene rings is 1. The molecule has 1 N–H and O–H groups in total. The molecule has 0 spiro atoms. The lowest BCUT2D eigenvalue weighted by molar-refractivity contribution is 0.0175. The highest BCUT2D eigenvalue weighted by Gasteiger charge is 2.55. The minimum atomic E-state index is -3.54. The van der Waals surface area contributed by atoms with Gasteiger partial charge in [-0.15, -0.1) is 0 Å². The van der Waals surface area contributed by atoms with Crippen LogP contribution in [-0.4, -0.2) is 41.1 Å². The Morgan fingerprint density at radius 2 is 1.84 bits per heavy atom. The summed E-state index contributed by atoms with van der Waals surface area (Å²) in [6.45, 7) is 6.27. The molecule has 140 valence electrons. The Labute approximate surface area is 150 Å². The van der Waals surface area contributed by atoms with Gasteiger partial charge >= 0.3 is 7.60 Å². The van der Waals surface area contributed by atoms with Crippen molar-refractivity contribution >= 4 is 7.60 Å². The molecule has 0 radical (unpaired) electrons. The van der Waals surface area contributed by atoms with E-state index >= 15 is 0 Å². The first-order valence-corrected chi connectivity index (χ1v) is 11.0. The van der Waals surface area contributed by atoms with Gasteiger partial charge in [-0.05, 0) is 51.5 Å². The molecule has 1 aromatic carbocycles. The molecule has 5 nitrogen and oxygen atoms in total. The maximum atomic E-state index is 13.2. The topological polar surface area (TPSA) is 59.0 Å². The molecule has 2 bridgehead atoms. The van der Waals surface area contributed by atoms with E-state index in [2.05, 4.69) is 24.0 Å². The molecule has 1 saturated carbocycles. The SMILES string of the molecule is CCOP(=O)(OCC)C(O)C1[C@@H]2CC[C@H](C2)N1[C@@H](C)c1ccccc1. The third-order valence-electron chi connectivity index (χ3n) is 5.67. The summed E-state index contributed by atoms with van der Waals surface area (Å²) in [5, 5.41) is 11.1. The van der Waals surface area contributed by atoms with E-state index < -0.39 is 13.4 Å². The molecular formula is C19H30NO4P. The van der Waals surface area contributed by atoms with Crippen molar-refractivity contribution in [2.45, 2.75) is 64.0 Å². The summed E-state index contributed by atoms with van der Waals surface area (Å²) < 4.78 is 24.0. The van der Waals surface area contributed by atoms with Gasteiger partial charge in [-0.1, -0.05) is 30.3 Å². The van der Waals surface area contributed by atoms with E-state index in [9.17, 15) is 9.67 Å². The highest BCUT2D eigenvalue weighted by molar-refractivity contribution is 7.54. The van der Waals surface area contributed by atoms with E-state index in [4.69, 9.17) is 9.05 Å². The fourth-order valence-electron chi connectivity index (χ4n) is 4.67. The number of piperidine rings is 1. The van der Waals surface area contributed by atoms with Crippen LogP contribution in [0.3, 0.4) is 0 Å². The Balaban J connectivity index is 1.88. The van der Waals surface area contributed by atoms with E-state index in [1.54, 1.807) is 13.8 Å². The largest absolute Gasteiger partial charge is 0.379 e. The molecule has 25 heavy (non-hydrogen) atoms. The van der Waals surface area contributed by atoms with Crippen LogP contribution in [0.5, 0.6) is 0 Å². The molecular weight excluding hydrogens is 337 g/mol. The van der Waals surface area contributed by atoms with Gasteiger partial charge in [0.1, 0.15) is 0 Å². The number of likely N-dealkylation sites (tertiary alicyclic amines) is 1. The maximum Gasteiger partial charge on any atom is 0.360 e. The van der Waals surface area contributed by atoms with Crippen molar-refractivity contribution in [3.63, 3.8) is 0 Å². The van der Waals surface area contributed by atoms with Crippen molar-refractivity contribution < 1.29 is 18.7 Å². The molecule has 1 heterocycles. The smallest absolute Gasteiger partial charge is 0.360 e. The molecule has 1 aromatic rings. The lowest BCUT2D eigenvalue weighted by atomic mass is 9.96. The lowest BCUT2D eigenvalue weighted by Gasteiger charge is -2.43. The normalized spacial score (nSPS) is 29.0. The third kappa shape index (κ3) is 3.58. The molecule has 0 aromatic heterocycles. The van der Waals surface area contributed by atoms with E-state index in [1.165, 1.54) is 5.56 Å². The quantitative estimate of drug-likeness (QED) is 0.699. The zero-order valence-corrected chi connectivity index (χ0v) is 16.3. The molecule has 2 unspecified atom stereocenters. The minimum absolute atomic E-state index is 0.160. The second-order valence-corrected chi connectivity index (χ2v) is 9.17. The van der Waals surface area contributed by atoms with Crippen LogP contribution < -0.4 is 0 Å². The average Bonchev–Trinajstić information content (AvgIpc) is 3.23. The first-order chi connectivity index (χ1) is 12.0. The van der Waals surface area contributed by atoms with E-state index in [-0.39, 0.29) is 25.3 Å². The molecule has 6 heteroatoms. The van der Waals surface area contributed by atoms with Crippen molar-refractivity contribution in [2.24, 2.45) is 5.92 Å². The third-order valence-corrected chi connectivity index (χ3v) is 7.86. The second kappa shape index (κ2) is 7.89. The van der Waals surface area contributed by atoms with Gasteiger partial charge in [0.05, 0.1) is 19.3 Å². The zero-order chi connectivity index (χ0) is 18.0. The number of rotatable bonds is 8. The van der Waals surface area contributed by atoms with Crippen LogP contribution in [0.4, 0.5) is 0 Å². The monoisotopic (exact) mass is 367 g/mol. The second-order valence-electron chi connectivity index (χ2n) is 7.04. The van der Waals surface area contributed by atoms with Crippen LogP contribution in [-0.2, 0) is 13.6 Å². The number of aliphatic hydroxyl groups excluding tert-OH is 1. The van der Waals surface area contributed by atoms with Crippen LogP contribution in [0.15, 0.2) is 30.3 Å². The fraction of sp³-hybridized carbons (Fsp3) is 0.684. The number of fused-ring (bicyclic) bond motifs is 2. The predicted octanol–water partition coefficient (Wildman–Crippen LogP) is 4.19. The number of hydrogen-bond acceptors (Lipinski definition) is 5. The van der Waals surface area contributed by atoms with Crippen molar-refractivity contribution in [3.05, 3.63) is 35.9 Å². The molecule has 5 atom stereocenters. The Kier molecular flexibility index (Phi) is 6.02. The van der Waals surface area contributed by atoms with Crippen molar-refractivity contribution in [1.29, 1.82) is 0 Å². The minimum Gasteiger partial charge on any atom is -0.379 e. The van der Waals surface area contributed by atoms with Crippen LogP contribution in [0.2, 0.25) is 0 Å². The highest BCUT2D eigenvalue weighted by atomic mass is 31.2. The van der Waals surface area contributed by atoms with Gasteiger partial charge < -0.3 is 14.2 Å². The van der Waals surface area contributed by atoms with Crippen LogP contribution in [0.1, 0.15) is 51.6 Å². The summed E-state index contributed by atoms with van der Waals surface area (Å²) in [7, 11) is -3.54. The summed E-state index contributed by atoms with van der Waals surface area (Å²) in [5.41, 5.74) is 1.22. The van der Waals surface area contributed by atoms with Gasteiger partial charge in [-0.3, -0.25) is 9.46 Å². The Bertz CT molecular complexity index is 601. The van der Waals surface area contributed by atoms with Gasteiger partial charge in [0.15, 0.2) is 5.85 Å². The summed E-state index contributed by atoms with van der Waals surface area (Å²) >= 11 is 0. The van der Waals surface area contributed by atoms with Gasteiger partial charge in [0.25, 0.3) is 0 Å². The number of nitrogens with zero attached hydrogens (tertiary/aromatic N) is 1. The molecule has 2 aliphatic rings. The van der Waals surface area contributed by atoms with Gasteiger partial charge in [0.2, 0.25) is 0 Å². The summed E-state index contributed by atoms with van der Waals surface area (Å²) in [4.78, 5) is 2.36. The van der Waals surface area contributed by atoms with Gasteiger partial charge in [-0.2, -0.15) is 0 Å². The van der Waals surface area contributed by atoms with Crippen molar-refractivity contribution in [1.82, 2.24) is 4.90 Å². The van der Waals surface area contributed by atoms with Gasteiger partial charge in [0, 0.05) is 12.1 Å². The van der Waals surface area contributed by atoms with E-state index in [0.717, 1.165) is 19.3 Å². The van der Waals surface area contributed by atoms with Crippen molar-refractivity contribution in [3.8, 4) is 0 Å². The van der Waals surface area contributed by atoms with E-state index in [0.29, 0.717) is 12.0 Å².